The first kappa shape index (κ1) is 21.2. The van der Waals surface area contributed by atoms with Gasteiger partial charge in [-0.15, -0.1) is 24.0 Å². The molecule has 0 radical (unpaired) electrons. The molecular weight excluding hydrogens is 413 g/mol. The van der Waals surface area contributed by atoms with Gasteiger partial charge >= 0.3 is 0 Å². The lowest BCUT2D eigenvalue weighted by Crippen LogP contribution is -2.44. The van der Waals surface area contributed by atoms with E-state index < -0.39 is 0 Å². The fraction of sp³-hybridized carbons (Fsp3) is 0.632. The number of halogens is 1. The average molecular weight is 445 g/mol. The maximum Gasteiger partial charge on any atom is 0.191 e. The minimum Gasteiger partial charge on any atom is -0.380 e. The van der Waals surface area contributed by atoms with Crippen molar-refractivity contribution in [2.24, 2.45) is 10.9 Å². The number of methoxy groups -OCH3 is 1. The molecule has 1 aromatic rings. The topological polar surface area (TPSA) is 45.7 Å². The highest BCUT2D eigenvalue weighted by molar-refractivity contribution is 14.0. The SMILES string of the molecule is CCNC(=NCc1ccccc1COC)NC1CCC(C)CC1.I. The van der Waals surface area contributed by atoms with E-state index in [-0.39, 0.29) is 24.0 Å². The summed E-state index contributed by atoms with van der Waals surface area (Å²) in [5, 5.41) is 6.98. The Morgan fingerprint density at radius 1 is 1.17 bits per heavy atom. The van der Waals surface area contributed by atoms with Gasteiger partial charge < -0.3 is 15.4 Å². The number of benzene rings is 1. The van der Waals surface area contributed by atoms with E-state index in [0.29, 0.717) is 19.2 Å². The van der Waals surface area contributed by atoms with Crippen LogP contribution in [0.4, 0.5) is 0 Å². The molecule has 0 aromatic heterocycles. The molecule has 0 heterocycles. The molecule has 0 bridgehead atoms. The number of hydrogen-bond acceptors (Lipinski definition) is 2. The summed E-state index contributed by atoms with van der Waals surface area (Å²) in [5.74, 6) is 1.80. The van der Waals surface area contributed by atoms with Gasteiger partial charge in [-0.05, 0) is 49.7 Å². The summed E-state index contributed by atoms with van der Waals surface area (Å²) in [4.78, 5) is 4.78. The Kier molecular flexibility index (Phi) is 10.3. The van der Waals surface area contributed by atoms with E-state index in [2.05, 4.69) is 42.7 Å². The van der Waals surface area contributed by atoms with Gasteiger partial charge in [0.25, 0.3) is 0 Å². The summed E-state index contributed by atoms with van der Waals surface area (Å²) in [6, 6.07) is 8.90. The van der Waals surface area contributed by atoms with Crippen molar-refractivity contribution in [3.8, 4) is 0 Å². The third-order valence-corrected chi connectivity index (χ3v) is 4.53. The van der Waals surface area contributed by atoms with Crippen LogP contribution in [-0.2, 0) is 17.9 Å². The molecule has 24 heavy (non-hydrogen) atoms. The zero-order chi connectivity index (χ0) is 16.5. The van der Waals surface area contributed by atoms with Crippen molar-refractivity contribution in [1.29, 1.82) is 0 Å². The van der Waals surface area contributed by atoms with Gasteiger partial charge in [0.05, 0.1) is 13.2 Å². The van der Waals surface area contributed by atoms with Crippen LogP contribution in [0.3, 0.4) is 0 Å². The Labute approximate surface area is 163 Å². The van der Waals surface area contributed by atoms with E-state index in [1.165, 1.54) is 36.8 Å². The summed E-state index contributed by atoms with van der Waals surface area (Å²) in [6.07, 6.45) is 5.11. The first-order valence-electron chi connectivity index (χ1n) is 8.83. The van der Waals surface area contributed by atoms with Crippen molar-refractivity contribution in [2.45, 2.75) is 58.7 Å². The maximum absolute atomic E-state index is 5.27. The van der Waals surface area contributed by atoms with Gasteiger partial charge in [0.15, 0.2) is 5.96 Å². The molecule has 2 N–H and O–H groups in total. The molecule has 1 fully saturated rings. The third kappa shape index (κ3) is 6.97. The second kappa shape index (κ2) is 11.7. The smallest absolute Gasteiger partial charge is 0.191 e. The minimum absolute atomic E-state index is 0. The van der Waals surface area contributed by atoms with Crippen LogP contribution in [0.2, 0.25) is 0 Å². The fourth-order valence-electron chi connectivity index (χ4n) is 3.09. The summed E-state index contributed by atoms with van der Waals surface area (Å²) in [7, 11) is 1.73. The highest BCUT2D eigenvalue weighted by atomic mass is 127. The van der Waals surface area contributed by atoms with Crippen LogP contribution in [0.25, 0.3) is 0 Å². The van der Waals surface area contributed by atoms with Crippen LogP contribution < -0.4 is 10.6 Å². The van der Waals surface area contributed by atoms with Gasteiger partial charge in [-0.3, -0.25) is 0 Å². The summed E-state index contributed by atoms with van der Waals surface area (Å²) < 4.78 is 5.27. The highest BCUT2D eigenvalue weighted by Crippen LogP contribution is 2.23. The van der Waals surface area contributed by atoms with Crippen molar-refractivity contribution in [3.63, 3.8) is 0 Å². The molecule has 1 aromatic carbocycles. The van der Waals surface area contributed by atoms with Gasteiger partial charge in [-0.1, -0.05) is 31.2 Å². The van der Waals surface area contributed by atoms with Crippen LogP contribution in [0.5, 0.6) is 0 Å². The molecule has 0 unspecified atom stereocenters. The van der Waals surface area contributed by atoms with E-state index in [0.717, 1.165) is 18.4 Å². The third-order valence-electron chi connectivity index (χ3n) is 4.53. The second-order valence-corrected chi connectivity index (χ2v) is 6.50. The number of nitrogens with zero attached hydrogens (tertiary/aromatic N) is 1. The first-order valence-corrected chi connectivity index (χ1v) is 8.83. The van der Waals surface area contributed by atoms with Crippen LogP contribution >= 0.6 is 24.0 Å². The van der Waals surface area contributed by atoms with Gasteiger partial charge in [-0.2, -0.15) is 0 Å². The normalized spacial score (nSPS) is 21.0. The Balaban J connectivity index is 0.00000288. The monoisotopic (exact) mass is 445 g/mol. The lowest BCUT2D eigenvalue weighted by Gasteiger charge is -2.28. The number of nitrogens with one attached hydrogen (secondary N) is 2. The lowest BCUT2D eigenvalue weighted by molar-refractivity contribution is 0.184. The Morgan fingerprint density at radius 2 is 1.83 bits per heavy atom. The quantitative estimate of drug-likeness (QED) is 0.394. The highest BCUT2D eigenvalue weighted by Gasteiger charge is 2.18. The Morgan fingerprint density at radius 3 is 2.46 bits per heavy atom. The minimum atomic E-state index is 0. The molecule has 1 aliphatic carbocycles. The average Bonchev–Trinajstić information content (AvgIpc) is 2.56. The predicted octanol–water partition coefficient (Wildman–Crippen LogP) is 4.08. The standard InChI is InChI=1S/C19H31N3O.HI/c1-4-20-19(22-18-11-9-15(2)10-12-18)21-13-16-7-5-6-8-17(16)14-23-3;/h5-8,15,18H,4,9-14H2,1-3H3,(H2,20,21,22);1H. The van der Waals surface area contributed by atoms with Crippen molar-refractivity contribution >= 4 is 29.9 Å². The van der Waals surface area contributed by atoms with Crippen molar-refractivity contribution in [3.05, 3.63) is 35.4 Å². The van der Waals surface area contributed by atoms with E-state index in [4.69, 9.17) is 9.73 Å². The van der Waals surface area contributed by atoms with Gasteiger partial charge in [0.1, 0.15) is 0 Å². The number of hydrogen-bond donors (Lipinski definition) is 2. The van der Waals surface area contributed by atoms with Gasteiger partial charge in [0, 0.05) is 19.7 Å². The Bertz CT molecular complexity index is 499. The molecule has 5 heteroatoms. The molecule has 4 nitrogen and oxygen atoms in total. The van der Waals surface area contributed by atoms with E-state index in [1.54, 1.807) is 7.11 Å². The van der Waals surface area contributed by atoms with Crippen molar-refractivity contribution in [2.75, 3.05) is 13.7 Å². The molecule has 0 aliphatic heterocycles. The Hall–Kier alpha value is -0.820. The first-order chi connectivity index (χ1) is 11.2. The molecular formula is C19H32IN3O. The molecule has 136 valence electrons. The van der Waals surface area contributed by atoms with E-state index in [9.17, 15) is 0 Å². The molecule has 0 spiro atoms. The van der Waals surface area contributed by atoms with E-state index in [1.807, 2.05) is 6.07 Å². The van der Waals surface area contributed by atoms with Crippen LogP contribution in [0, 0.1) is 5.92 Å². The van der Waals surface area contributed by atoms with Gasteiger partial charge in [0.2, 0.25) is 0 Å². The summed E-state index contributed by atoms with van der Waals surface area (Å²) in [5.41, 5.74) is 2.44. The number of ether oxygens (including phenoxy) is 1. The van der Waals surface area contributed by atoms with E-state index >= 15 is 0 Å². The van der Waals surface area contributed by atoms with Gasteiger partial charge in [-0.25, -0.2) is 4.99 Å². The second-order valence-electron chi connectivity index (χ2n) is 6.50. The zero-order valence-corrected chi connectivity index (χ0v) is 17.5. The molecule has 0 saturated heterocycles. The molecule has 2 rings (SSSR count). The van der Waals surface area contributed by atoms with Crippen molar-refractivity contribution in [1.82, 2.24) is 10.6 Å². The van der Waals surface area contributed by atoms with Crippen LogP contribution in [0.1, 0.15) is 50.7 Å². The van der Waals surface area contributed by atoms with Crippen LogP contribution in [-0.4, -0.2) is 25.7 Å². The number of aliphatic imine (C=N–C) groups is 1. The summed E-state index contributed by atoms with van der Waals surface area (Å²) in [6.45, 7) is 6.66. The maximum atomic E-state index is 5.27. The molecule has 1 saturated carbocycles. The van der Waals surface area contributed by atoms with Crippen LogP contribution in [0.15, 0.2) is 29.3 Å². The predicted molar refractivity (Wildman–Crippen MR) is 112 cm³/mol. The number of rotatable bonds is 6. The molecule has 0 atom stereocenters. The molecule has 0 amide bonds. The lowest BCUT2D eigenvalue weighted by atomic mass is 9.87. The molecule has 1 aliphatic rings. The number of guanidine groups is 1. The zero-order valence-electron chi connectivity index (χ0n) is 15.2. The largest absolute Gasteiger partial charge is 0.380 e. The fourth-order valence-corrected chi connectivity index (χ4v) is 3.09. The summed E-state index contributed by atoms with van der Waals surface area (Å²) >= 11 is 0. The van der Waals surface area contributed by atoms with Crippen molar-refractivity contribution < 1.29 is 4.74 Å².